The molecule has 0 saturated heterocycles. The molecule has 0 aromatic heterocycles. The monoisotopic (exact) mass is 175 g/mol. The lowest BCUT2D eigenvalue weighted by Gasteiger charge is -2.14. The van der Waals surface area contributed by atoms with E-state index in [0.29, 0.717) is 19.6 Å². The van der Waals surface area contributed by atoms with Gasteiger partial charge >= 0.3 is 0 Å². The molecule has 12 heavy (non-hydrogen) atoms. The van der Waals surface area contributed by atoms with Gasteiger partial charge in [0.1, 0.15) is 0 Å². The minimum atomic E-state index is -0.719. The molecule has 1 radical (unpaired) electrons. The van der Waals surface area contributed by atoms with Gasteiger partial charge in [0.25, 0.3) is 0 Å². The van der Waals surface area contributed by atoms with E-state index in [1.165, 1.54) is 0 Å². The fourth-order valence-corrected chi connectivity index (χ4v) is 0.720. The van der Waals surface area contributed by atoms with Crippen LogP contribution in [0.4, 0.5) is 0 Å². The highest BCUT2D eigenvalue weighted by Crippen LogP contribution is 1.78. The molecular weight excluding hydrogens is 160 g/mol. The highest BCUT2D eigenvalue weighted by atomic mass is 16.3. The van der Waals surface area contributed by atoms with Crippen molar-refractivity contribution in [2.75, 3.05) is 39.9 Å². The Morgan fingerprint density at radius 1 is 1.50 bits per heavy atom. The summed E-state index contributed by atoms with van der Waals surface area (Å²) >= 11 is 0. The Bertz CT molecular complexity index is 130. The van der Waals surface area contributed by atoms with E-state index in [4.69, 9.17) is 5.11 Å². The number of carbonyl (C=O) groups excluding carboxylic acids is 1. The number of amides is 1. The minimum Gasteiger partial charge on any atom is -0.395 e. The number of nitrogens with one attached hydrogen (secondary N) is 1. The van der Waals surface area contributed by atoms with E-state index in [1.54, 1.807) is 0 Å². The lowest BCUT2D eigenvalue weighted by Crippen LogP contribution is -2.35. The lowest BCUT2D eigenvalue weighted by molar-refractivity contribution is -0.125. The van der Waals surface area contributed by atoms with E-state index in [9.17, 15) is 9.90 Å². The molecule has 0 aliphatic heterocycles. The van der Waals surface area contributed by atoms with E-state index in [0.717, 1.165) is 0 Å². The first-order valence-electron chi connectivity index (χ1n) is 3.85. The summed E-state index contributed by atoms with van der Waals surface area (Å²) in [5.41, 5.74) is 0. The summed E-state index contributed by atoms with van der Waals surface area (Å²) < 4.78 is 0. The molecule has 0 heterocycles. The van der Waals surface area contributed by atoms with Crippen LogP contribution in [0.25, 0.3) is 0 Å². The van der Waals surface area contributed by atoms with Crippen molar-refractivity contribution in [3.05, 3.63) is 0 Å². The van der Waals surface area contributed by atoms with E-state index < -0.39 is 12.5 Å². The topological polar surface area (TPSA) is 72.5 Å². The number of rotatable bonds is 6. The number of nitrogens with zero attached hydrogens (tertiary/aromatic N) is 1. The fourth-order valence-electron chi connectivity index (χ4n) is 0.720. The number of aliphatic hydroxyl groups excluding tert-OH is 1. The van der Waals surface area contributed by atoms with Gasteiger partial charge in [-0.2, -0.15) is 0 Å². The summed E-state index contributed by atoms with van der Waals surface area (Å²) in [5, 5.41) is 20.9. The molecule has 5 heteroatoms. The molecule has 2 N–H and O–H groups in total. The summed E-state index contributed by atoms with van der Waals surface area (Å²) in [5.74, 6) is -0.479. The normalized spacial score (nSPS) is 10.3. The van der Waals surface area contributed by atoms with Crippen LogP contribution in [0.15, 0.2) is 0 Å². The smallest absolute Gasteiger partial charge is 0.249 e. The second-order valence-corrected chi connectivity index (χ2v) is 2.52. The van der Waals surface area contributed by atoms with Crippen LogP contribution in [0, 0.1) is 0 Å². The van der Waals surface area contributed by atoms with Gasteiger partial charge in [-0.15, -0.1) is 0 Å². The second kappa shape index (κ2) is 7.02. The molecular formula is C7H15N2O3. The van der Waals surface area contributed by atoms with Crippen molar-refractivity contribution in [3.8, 4) is 0 Å². The third kappa shape index (κ3) is 6.09. The van der Waals surface area contributed by atoms with Crippen molar-refractivity contribution in [3.63, 3.8) is 0 Å². The van der Waals surface area contributed by atoms with Crippen LogP contribution < -0.4 is 5.32 Å². The summed E-state index contributed by atoms with van der Waals surface area (Å²) in [4.78, 5) is 12.3. The predicted molar refractivity (Wildman–Crippen MR) is 43.1 cm³/mol. The molecule has 0 unspecified atom stereocenters. The average Bonchev–Trinajstić information content (AvgIpc) is 2.04. The standard InChI is InChI=1S/C7H15N2O3/c1-9(4-5-10)3-2-8-7(12)6-11/h10H,2-6H2,1H3,(H,8,12). The molecule has 0 atom stereocenters. The minimum absolute atomic E-state index is 0.103. The van der Waals surface area contributed by atoms with E-state index in [1.807, 2.05) is 11.9 Å². The zero-order valence-electron chi connectivity index (χ0n) is 7.25. The van der Waals surface area contributed by atoms with Gasteiger partial charge in [0.2, 0.25) is 5.91 Å². The molecule has 0 aromatic carbocycles. The van der Waals surface area contributed by atoms with E-state index in [2.05, 4.69) is 5.32 Å². The molecule has 0 aromatic rings. The van der Waals surface area contributed by atoms with Crippen molar-refractivity contribution in [2.24, 2.45) is 0 Å². The highest BCUT2D eigenvalue weighted by molar-refractivity contribution is 5.76. The van der Waals surface area contributed by atoms with Crippen molar-refractivity contribution >= 4 is 5.91 Å². The van der Waals surface area contributed by atoms with Crippen LogP contribution in [-0.2, 0) is 9.90 Å². The Kier molecular flexibility index (Phi) is 6.64. The first kappa shape index (κ1) is 11.4. The van der Waals surface area contributed by atoms with Crippen LogP contribution in [0.1, 0.15) is 0 Å². The Morgan fingerprint density at radius 2 is 2.17 bits per heavy atom. The Balaban J connectivity index is 3.24. The molecule has 0 rings (SSSR count). The zero-order chi connectivity index (χ0) is 9.40. The maximum Gasteiger partial charge on any atom is 0.249 e. The quantitative estimate of drug-likeness (QED) is 0.513. The largest absolute Gasteiger partial charge is 0.395 e. The van der Waals surface area contributed by atoms with Gasteiger partial charge in [0.05, 0.1) is 6.61 Å². The number of hydrogen-bond acceptors (Lipinski definition) is 3. The fraction of sp³-hybridized carbons (Fsp3) is 0.857. The molecule has 5 nitrogen and oxygen atoms in total. The van der Waals surface area contributed by atoms with Crippen molar-refractivity contribution in [2.45, 2.75) is 0 Å². The number of hydrogen-bond donors (Lipinski definition) is 2. The van der Waals surface area contributed by atoms with Gasteiger partial charge in [-0.05, 0) is 7.05 Å². The Labute approximate surface area is 72.0 Å². The van der Waals surface area contributed by atoms with Crippen LogP contribution in [-0.4, -0.2) is 55.8 Å². The maximum absolute atomic E-state index is 10.5. The third-order valence-electron chi connectivity index (χ3n) is 1.43. The number of aliphatic hydroxyl groups is 1. The predicted octanol–water partition coefficient (Wildman–Crippen LogP) is -1.54. The van der Waals surface area contributed by atoms with Gasteiger partial charge in [-0.25, -0.2) is 5.11 Å². The van der Waals surface area contributed by atoms with Gasteiger partial charge in [-0.3, -0.25) is 4.79 Å². The van der Waals surface area contributed by atoms with Crippen LogP contribution in [0.2, 0.25) is 0 Å². The van der Waals surface area contributed by atoms with Crippen LogP contribution in [0.3, 0.4) is 0 Å². The number of likely N-dealkylation sites (N-methyl/N-ethyl adjacent to an activating group) is 1. The Hall–Kier alpha value is -0.650. The van der Waals surface area contributed by atoms with Gasteiger partial charge in [0, 0.05) is 19.6 Å². The molecule has 0 bridgehead atoms. The van der Waals surface area contributed by atoms with Crippen molar-refractivity contribution < 1.29 is 15.0 Å². The van der Waals surface area contributed by atoms with E-state index in [-0.39, 0.29) is 6.61 Å². The lowest BCUT2D eigenvalue weighted by atomic mass is 10.5. The number of carbonyl (C=O) groups is 1. The van der Waals surface area contributed by atoms with E-state index >= 15 is 0 Å². The average molecular weight is 175 g/mol. The molecule has 0 fully saturated rings. The van der Waals surface area contributed by atoms with Crippen LogP contribution in [0.5, 0.6) is 0 Å². The second-order valence-electron chi connectivity index (χ2n) is 2.52. The summed E-state index contributed by atoms with van der Waals surface area (Å²) in [6.07, 6.45) is 0. The van der Waals surface area contributed by atoms with Gasteiger partial charge < -0.3 is 15.3 Å². The molecule has 71 valence electrons. The third-order valence-corrected chi connectivity index (χ3v) is 1.43. The summed E-state index contributed by atoms with van der Waals surface area (Å²) in [6, 6.07) is 0. The molecule has 0 aliphatic carbocycles. The summed E-state index contributed by atoms with van der Waals surface area (Å²) in [6.45, 7) is 1.06. The molecule has 0 aliphatic rings. The van der Waals surface area contributed by atoms with Gasteiger partial charge in [-0.1, -0.05) is 0 Å². The first-order valence-corrected chi connectivity index (χ1v) is 3.85. The highest BCUT2D eigenvalue weighted by Gasteiger charge is 1.99. The van der Waals surface area contributed by atoms with Crippen molar-refractivity contribution in [1.29, 1.82) is 0 Å². The molecule has 0 spiro atoms. The van der Waals surface area contributed by atoms with Crippen molar-refractivity contribution in [1.82, 2.24) is 10.2 Å². The molecule has 1 amide bonds. The van der Waals surface area contributed by atoms with Crippen LogP contribution >= 0.6 is 0 Å². The Morgan fingerprint density at radius 3 is 2.67 bits per heavy atom. The molecule has 0 saturated carbocycles. The maximum atomic E-state index is 10.5. The first-order chi connectivity index (χ1) is 5.70. The zero-order valence-corrected chi connectivity index (χ0v) is 7.25. The van der Waals surface area contributed by atoms with Gasteiger partial charge in [0.15, 0.2) is 6.61 Å². The summed E-state index contributed by atoms with van der Waals surface area (Å²) in [7, 11) is 1.83. The SMILES string of the molecule is CN(CCO)CCNC(=O)C[O].